The van der Waals surface area contributed by atoms with Gasteiger partial charge in [-0.3, -0.25) is 4.79 Å². The van der Waals surface area contributed by atoms with E-state index in [1.165, 1.54) is 43.2 Å². The molecule has 2 saturated carbocycles. The Bertz CT molecular complexity index is 615. The molecule has 26 heavy (non-hydrogen) atoms. The normalized spacial score (nSPS) is 26.2. The highest BCUT2D eigenvalue weighted by Crippen LogP contribution is 2.51. The van der Waals surface area contributed by atoms with Gasteiger partial charge < -0.3 is 0 Å². The summed E-state index contributed by atoms with van der Waals surface area (Å²) in [4.78, 5) is 12.4. The number of rotatable bonds is 8. The van der Waals surface area contributed by atoms with Gasteiger partial charge in [0.1, 0.15) is 5.78 Å². The Morgan fingerprint density at radius 3 is 2.58 bits per heavy atom. The van der Waals surface area contributed by atoms with Crippen LogP contribution in [0.2, 0.25) is 0 Å². The van der Waals surface area contributed by atoms with Crippen LogP contribution in [0.15, 0.2) is 36.4 Å². The van der Waals surface area contributed by atoms with Crippen molar-refractivity contribution in [3.63, 3.8) is 0 Å². The number of hydrogen-bond acceptors (Lipinski definition) is 1. The van der Waals surface area contributed by atoms with Gasteiger partial charge in [0, 0.05) is 12.3 Å². The molecule has 1 aromatic carbocycles. The lowest BCUT2D eigenvalue weighted by atomic mass is 9.59. The number of ketones is 1. The fourth-order valence-corrected chi connectivity index (χ4v) is 5.15. The largest absolute Gasteiger partial charge is 0.299 e. The van der Waals surface area contributed by atoms with Crippen LogP contribution in [0.3, 0.4) is 0 Å². The van der Waals surface area contributed by atoms with Gasteiger partial charge in [-0.1, -0.05) is 68.7 Å². The van der Waals surface area contributed by atoms with Gasteiger partial charge in [-0.05, 0) is 68.3 Å². The van der Waals surface area contributed by atoms with E-state index < -0.39 is 0 Å². The molecule has 1 aromatic rings. The van der Waals surface area contributed by atoms with Gasteiger partial charge in [-0.2, -0.15) is 0 Å². The minimum atomic E-state index is 0.242. The Kier molecular flexibility index (Phi) is 6.37. The first-order valence-electron chi connectivity index (χ1n) is 10.8. The number of carbonyl (C=O) groups is 1. The minimum Gasteiger partial charge on any atom is -0.299 e. The topological polar surface area (TPSA) is 17.1 Å². The van der Waals surface area contributed by atoms with Crippen LogP contribution in [0.4, 0.5) is 0 Å². The summed E-state index contributed by atoms with van der Waals surface area (Å²) in [7, 11) is 0. The molecule has 0 aromatic heterocycles. The minimum absolute atomic E-state index is 0.242. The summed E-state index contributed by atoms with van der Waals surface area (Å²) in [6.07, 6.45) is 15.4. The van der Waals surface area contributed by atoms with Gasteiger partial charge in [-0.25, -0.2) is 0 Å². The number of benzene rings is 1. The molecule has 0 N–H and O–H groups in total. The van der Waals surface area contributed by atoms with E-state index in [-0.39, 0.29) is 5.92 Å². The van der Waals surface area contributed by atoms with Gasteiger partial charge in [0.05, 0.1) is 0 Å². The van der Waals surface area contributed by atoms with E-state index in [0.717, 1.165) is 31.6 Å². The van der Waals surface area contributed by atoms with Crippen LogP contribution >= 0.6 is 0 Å². The van der Waals surface area contributed by atoms with Crippen molar-refractivity contribution in [2.45, 2.75) is 78.6 Å². The van der Waals surface area contributed by atoms with E-state index in [1.54, 1.807) is 0 Å². The molecular formula is C25H36O. The van der Waals surface area contributed by atoms with Crippen molar-refractivity contribution in [3.05, 3.63) is 47.5 Å². The molecule has 1 nitrogen and oxygen atoms in total. The Morgan fingerprint density at radius 2 is 1.96 bits per heavy atom. The molecule has 2 fully saturated rings. The average molecular weight is 353 g/mol. The van der Waals surface area contributed by atoms with Crippen LogP contribution in [0.25, 0.3) is 0 Å². The number of carbonyl (C=O) groups excluding carboxylic acids is 1. The number of hydrogen-bond donors (Lipinski definition) is 0. The van der Waals surface area contributed by atoms with E-state index in [0.29, 0.717) is 17.1 Å². The molecule has 0 radical (unpaired) electrons. The predicted octanol–water partition coefficient (Wildman–Crippen LogP) is 6.69. The standard InChI is InChI=1S/C25H36O/c1-4-25(17-6-18-25)20(3)7-5-8-22-14-16-24(26)23(22)15-13-21-11-9-19(2)10-12-21/h5,8-12,20,22-23H,4,6-7,13-18H2,1-3H3/b8-5+/t20?,22-,23+/m0/s1. The molecule has 0 aliphatic heterocycles. The van der Waals surface area contributed by atoms with Gasteiger partial charge in [-0.15, -0.1) is 0 Å². The highest BCUT2D eigenvalue weighted by Gasteiger charge is 2.39. The molecule has 3 atom stereocenters. The van der Waals surface area contributed by atoms with Crippen LogP contribution in [0.5, 0.6) is 0 Å². The maximum absolute atomic E-state index is 12.4. The summed E-state index contributed by atoms with van der Waals surface area (Å²) in [5.41, 5.74) is 3.28. The zero-order valence-corrected chi connectivity index (χ0v) is 17.0. The number of aryl methyl sites for hydroxylation is 2. The zero-order valence-electron chi connectivity index (χ0n) is 17.0. The lowest BCUT2D eigenvalue weighted by molar-refractivity contribution is -0.121. The molecule has 142 valence electrons. The van der Waals surface area contributed by atoms with Crippen molar-refractivity contribution in [1.82, 2.24) is 0 Å². The van der Waals surface area contributed by atoms with Crippen molar-refractivity contribution in [2.75, 3.05) is 0 Å². The molecule has 2 aliphatic rings. The third-order valence-electron chi connectivity index (χ3n) is 7.49. The summed E-state index contributed by atoms with van der Waals surface area (Å²) in [6.45, 7) is 6.91. The first-order chi connectivity index (χ1) is 12.5. The highest BCUT2D eigenvalue weighted by molar-refractivity contribution is 5.83. The number of Topliss-reactive ketones (excluding diaryl/α,β-unsaturated/α-hetero) is 1. The van der Waals surface area contributed by atoms with Crippen molar-refractivity contribution in [3.8, 4) is 0 Å². The molecule has 1 unspecified atom stereocenters. The summed E-state index contributed by atoms with van der Waals surface area (Å²) >= 11 is 0. The average Bonchev–Trinajstić information content (AvgIpc) is 2.94. The Morgan fingerprint density at radius 1 is 1.23 bits per heavy atom. The van der Waals surface area contributed by atoms with E-state index in [4.69, 9.17) is 0 Å². The Labute approximate surface area is 160 Å². The van der Waals surface area contributed by atoms with Gasteiger partial charge >= 0.3 is 0 Å². The molecule has 0 heterocycles. The van der Waals surface area contributed by atoms with Gasteiger partial charge in [0.25, 0.3) is 0 Å². The SMILES string of the molecule is CCC1(C(C)C/C=C/[C@H]2CCC(=O)[C@@H]2CCc2ccc(C)cc2)CCC1. The second kappa shape index (κ2) is 8.55. The Balaban J connectivity index is 1.53. The lowest BCUT2D eigenvalue weighted by Gasteiger charge is -2.46. The van der Waals surface area contributed by atoms with E-state index >= 15 is 0 Å². The smallest absolute Gasteiger partial charge is 0.136 e. The lowest BCUT2D eigenvalue weighted by Crippen LogP contribution is -2.35. The van der Waals surface area contributed by atoms with Crippen molar-refractivity contribution in [1.29, 1.82) is 0 Å². The van der Waals surface area contributed by atoms with Crippen molar-refractivity contribution in [2.24, 2.45) is 23.2 Å². The summed E-state index contributed by atoms with van der Waals surface area (Å²) in [5, 5.41) is 0. The maximum Gasteiger partial charge on any atom is 0.136 e. The van der Waals surface area contributed by atoms with Crippen molar-refractivity contribution >= 4 is 5.78 Å². The highest BCUT2D eigenvalue weighted by atomic mass is 16.1. The predicted molar refractivity (Wildman–Crippen MR) is 110 cm³/mol. The summed E-state index contributed by atoms with van der Waals surface area (Å²) < 4.78 is 0. The van der Waals surface area contributed by atoms with Crippen LogP contribution in [0.1, 0.15) is 76.3 Å². The molecule has 0 amide bonds. The van der Waals surface area contributed by atoms with Crippen LogP contribution in [-0.2, 0) is 11.2 Å². The summed E-state index contributed by atoms with van der Waals surface area (Å²) in [6, 6.07) is 8.78. The fraction of sp³-hybridized carbons (Fsp3) is 0.640. The van der Waals surface area contributed by atoms with Gasteiger partial charge in [0.2, 0.25) is 0 Å². The fourth-order valence-electron chi connectivity index (χ4n) is 5.15. The van der Waals surface area contributed by atoms with Gasteiger partial charge in [0.15, 0.2) is 0 Å². The second-order valence-corrected chi connectivity index (χ2v) is 8.93. The van der Waals surface area contributed by atoms with Crippen LogP contribution in [-0.4, -0.2) is 5.78 Å². The third kappa shape index (κ3) is 4.30. The third-order valence-corrected chi connectivity index (χ3v) is 7.49. The first-order valence-corrected chi connectivity index (χ1v) is 10.8. The summed E-state index contributed by atoms with van der Waals surface area (Å²) in [5.74, 6) is 1.98. The molecule has 0 spiro atoms. The van der Waals surface area contributed by atoms with Crippen LogP contribution < -0.4 is 0 Å². The molecule has 2 aliphatic carbocycles. The molecule has 0 bridgehead atoms. The quantitative estimate of drug-likeness (QED) is 0.477. The van der Waals surface area contributed by atoms with E-state index in [2.05, 4.69) is 57.2 Å². The zero-order chi connectivity index (χ0) is 18.6. The van der Waals surface area contributed by atoms with E-state index in [9.17, 15) is 4.79 Å². The molecule has 1 heteroatoms. The van der Waals surface area contributed by atoms with E-state index in [1.807, 2.05) is 0 Å². The van der Waals surface area contributed by atoms with Crippen molar-refractivity contribution < 1.29 is 4.79 Å². The molecule has 0 saturated heterocycles. The molecule has 3 rings (SSSR count). The first kappa shape index (κ1) is 19.4. The monoisotopic (exact) mass is 352 g/mol. The Hall–Kier alpha value is -1.37. The molecular weight excluding hydrogens is 316 g/mol. The van der Waals surface area contributed by atoms with Crippen LogP contribution in [0, 0.1) is 30.1 Å². The maximum atomic E-state index is 12.4. The number of allylic oxidation sites excluding steroid dienone is 2. The second-order valence-electron chi connectivity index (χ2n) is 8.93.